The van der Waals surface area contributed by atoms with E-state index in [1.165, 1.54) is 12.1 Å². The molecule has 6 heteroatoms. The summed E-state index contributed by atoms with van der Waals surface area (Å²) in [5.74, 6) is 9.96. The number of carbonyl (C=O) groups excluding carboxylic acids is 2. The lowest BCUT2D eigenvalue weighted by Gasteiger charge is -2.06. The predicted molar refractivity (Wildman–Crippen MR) is 46.8 cm³/mol. The van der Waals surface area contributed by atoms with Crippen molar-refractivity contribution in [3.05, 3.63) is 23.3 Å². The van der Waals surface area contributed by atoms with E-state index in [0.29, 0.717) is 12.6 Å². The summed E-state index contributed by atoms with van der Waals surface area (Å²) in [6.07, 6.45) is 1.03. The van der Waals surface area contributed by atoms with Gasteiger partial charge in [-0.25, -0.2) is 0 Å². The smallest absolute Gasteiger partial charge is 0.158 e. The maximum atomic E-state index is 10.5. The van der Waals surface area contributed by atoms with Crippen molar-refractivity contribution in [2.75, 3.05) is 0 Å². The van der Waals surface area contributed by atoms with Gasteiger partial charge in [0.15, 0.2) is 24.1 Å². The summed E-state index contributed by atoms with van der Waals surface area (Å²) in [5, 5.41) is 0. The molecule has 0 amide bonds. The topological polar surface area (TPSA) is 105 Å². The Morgan fingerprint density at radius 1 is 0.929 bits per heavy atom. The van der Waals surface area contributed by atoms with E-state index in [-0.39, 0.29) is 22.6 Å². The second kappa shape index (κ2) is 4.35. The Morgan fingerprint density at radius 3 is 1.50 bits per heavy atom. The second-order valence-electron chi connectivity index (χ2n) is 2.40. The van der Waals surface area contributed by atoms with Crippen LogP contribution < -0.4 is 21.5 Å². The van der Waals surface area contributed by atoms with Crippen LogP contribution in [0.1, 0.15) is 20.7 Å². The van der Waals surface area contributed by atoms with Crippen molar-refractivity contribution in [1.29, 1.82) is 0 Å². The Bertz CT molecular complexity index is 329. The minimum atomic E-state index is 0.0860. The lowest BCUT2D eigenvalue weighted by atomic mass is 10.1. The molecule has 6 nitrogen and oxygen atoms in total. The first-order valence-corrected chi connectivity index (χ1v) is 3.58. The van der Waals surface area contributed by atoms with Crippen LogP contribution in [0.15, 0.2) is 12.1 Å². The van der Waals surface area contributed by atoms with Crippen molar-refractivity contribution in [2.45, 2.75) is 0 Å². The van der Waals surface area contributed by atoms with Gasteiger partial charge in [-0.2, -0.15) is 11.8 Å². The van der Waals surface area contributed by atoms with E-state index >= 15 is 0 Å². The number of benzene rings is 1. The first-order valence-electron chi connectivity index (χ1n) is 3.58. The second-order valence-corrected chi connectivity index (χ2v) is 2.40. The average molecular weight is 196 g/mol. The minimum absolute atomic E-state index is 0.0860. The quantitative estimate of drug-likeness (QED) is 0.511. The summed E-state index contributed by atoms with van der Waals surface area (Å²) in [4.78, 5) is 29.9. The normalized spacial score (nSPS) is 9.29. The number of nitrogens with two attached hydrogens (primary N) is 2. The summed E-state index contributed by atoms with van der Waals surface area (Å²) >= 11 is 0. The van der Waals surface area contributed by atoms with Crippen molar-refractivity contribution in [3.8, 4) is 11.5 Å². The molecule has 0 unspecified atom stereocenters. The SMILES string of the molecule is NOc1cc(C=O)c(ON)cc1C=O. The van der Waals surface area contributed by atoms with Gasteiger partial charge < -0.3 is 9.68 Å². The first kappa shape index (κ1) is 10.2. The van der Waals surface area contributed by atoms with Crippen molar-refractivity contribution < 1.29 is 19.3 Å². The van der Waals surface area contributed by atoms with E-state index in [1.807, 2.05) is 0 Å². The molecule has 0 fully saturated rings. The largest absolute Gasteiger partial charge is 0.411 e. The molecule has 0 atom stereocenters. The van der Waals surface area contributed by atoms with Crippen LogP contribution in [0.2, 0.25) is 0 Å². The van der Waals surface area contributed by atoms with E-state index in [9.17, 15) is 9.59 Å². The van der Waals surface area contributed by atoms with Gasteiger partial charge in [-0.15, -0.1) is 0 Å². The van der Waals surface area contributed by atoms with Crippen LogP contribution in [-0.2, 0) is 0 Å². The highest BCUT2D eigenvalue weighted by Crippen LogP contribution is 2.25. The molecule has 0 heterocycles. The molecule has 0 aliphatic carbocycles. The molecule has 1 rings (SSSR count). The van der Waals surface area contributed by atoms with Gasteiger partial charge in [0.25, 0.3) is 0 Å². The summed E-state index contributed by atoms with van der Waals surface area (Å²) in [5.41, 5.74) is 0.303. The van der Waals surface area contributed by atoms with Crippen molar-refractivity contribution in [1.82, 2.24) is 0 Å². The monoisotopic (exact) mass is 196 g/mol. The average Bonchev–Trinajstić information content (AvgIpc) is 2.26. The molecule has 0 bridgehead atoms. The Morgan fingerprint density at radius 2 is 1.29 bits per heavy atom. The summed E-state index contributed by atoms with van der Waals surface area (Å²) < 4.78 is 0. The fraction of sp³-hybridized carbons (Fsp3) is 0. The van der Waals surface area contributed by atoms with Crippen LogP contribution in [0, 0.1) is 0 Å². The highest BCUT2D eigenvalue weighted by atomic mass is 16.6. The zero-order valence-electron chi connectivity index (χ0n) is 7.10. The van der Waals surface area contributed by atoms with Gasteiger partial charge in [0.2, 0.25) is 0 Å². The molecule has 1 aromatic carbocycles. The maximum Gasteiger partial charge on any atom is 0.158 e. The Hall–Kier alpha value is -1.92. The van der Waals surface area contributed by atoms with E-state index in [4.69, 9.17) is 11.8 Å². The van der Waals surface area contributed by atoms with Crippen molar-refractivity contribution in [2.24, 2.45) is 11.8 Å². The van der Waals surface area contributed by atoms with Crippen LogP contribution in [-0.4, -0.2) is 12.6 Å². The molecule has 0 aromatic heterocycles. The molecule has 0 aliphatic heterocycles. The van der Waals surface area contributed by atoms with Crippen LogP contribution in [0.25, 0.3) is 0 Å². The fourth-order valence-corrected chi connectivity index (χ4v) is 0.980. The maximum absolute atomic E-state index is 10.5. The number of aldehydes is 2. The third-order valence-electron chi connectivity index (χ3n) is 1.65. The molecule has 1 aromatic rings. The van der Waals surface area contributed by atoms with Crippen LogP contribution in [0.3, 0.4) is 0 Å². The number of hydrogen-bond acceptors (Lipinski definition) is 6. The Kier molecular flexibility index (Phi) is 3.16. The van der Waals surface area contributed by atoms with Gasteiger partial charge in [0.05, 0.1) is 11.1 Å². The highest BCUT2D eigenvalue weighted by molar-refractivity contribution is 5.86. The third kappa shape index (κ3) is 1.70. The van der Waals surface area contributed by atoms with Crippen LogP contribution >= 0.6 is 0 Å². The molecule has 0 saturated carbocycles. The molecule has 74 valence electrons. The summed E-state index contributed by atoms with van der Waals surface area (Å²) in [6.45, 7) is 0. The van der Waals surface area contributed by atoms with Gasteiger partial charge >= 0.3 is 0 Å². The fourth-order valence-electron chi connectivity index (χ4n) is 0.980. The lowest BCUT2D eigenvalue weighted by molar-refractivity contribution is 0.110. The molecular formula is C8H8N2O4. The van der Waals surface area contributed by atoms with Gasteiger partial charge in [-0.05, 0) is 12.1 Å². The van der Waals surface area contributed by atoms with Gasteiger partial charge in [-0.1, -0.05) is 0 Å². The molecule has 0 saturated heterocycles. The lowest BCUT2D eigenvalue weighted by Crippen LogP contribution is -2.08. The Labute approximate surface area is 79.3 Å². The zero-order valence-corrected chi connectivity index (χ0v) is 7.10. The van der Waals surface area contributed by atoms with E-state index in [0.717, 1.165) is 0 Å². The summed E-state index contributed by atoms with van der Waals surface area (Å²) in [6, 6.07) is 2.53. The van der Waals surface area contributed by atoms with Gasteiger partial charge in [0, 0.05) is 0 Å². The standard InChI is InChI=1S/C8H8N2O4/c9-13-7-1-5(3-11)8(14-10)2-6(7)4-12/h1-4H,9-10H2. The number of hydrogen-bond donors (Lipinski definition) is 2. The molecular weight excluding hydrogens is 188 g/mol. The third-order valence-corrected chi connectivity index (χ3v) is 1.65. The minimum Gasteiger partial charge on any atom is -0.411 e. The van der Waals surface area contributed by atoms with E-state index < -0.39 is 0 Å². The molecule has 0 spiro atoms. The van der Waals surface area contributed by atoms with E-state index in [1.54, 1.807) is 0 Å². The van der Waals surface area contributed by atoms with Gasteiger partial charge in [0.1, 0.15) is 0 Å². The zero-order chi connectivity index (χ0) is 10.6. The molecule has 0 aliphatic rings. The number of rotatable bonds is 4. The highest BCUT2D eigenvalue weighted by Gasteiger charge is 2.10. The molecule has 0 radical (unpaired) electrons. The van der Waals surface area contributed by atoms with Crippen molar-refractivity contribution >= 4 is 12.6 Å². The molecule has 4 N–H and O–H groups in total. The van der Waals surface area contributed by atoms with E-state index in [2.05, 4.69) is 9.68 Å². The van der Waals surface area contributed by atoms with Crippen LogP contribution in [0.4, 0.5) is 0 Å². The van der Waals surface area contributed by atoms with Crippen LogP contribution in [0.5, 0.6) is 11.5 Å². The van der Waals surface area contributed by atoms with Crippen molar-refractivity contribution in [3.63, 3.8) is 0 Å². The molecule has 14 heavy (non-hydrogen) atoms. The first-order chi connectivity index (χ1) is 6.76. The van der Waals surface area contributed by atoms with Gasteiger partial charge in [-0.3, -0.25) is 9.59 Å². The Balaban J connectivity index is 3.34. The number of carbonyl (C=O) groups is 2. The predicted octanol–water partition coefficient (Wildman–Crippen LogP) is -0.183. The summed E-state index contributed by atoms with van der Waals surface area (Å²) in [7, 11) is 0.